The molecule has 0 aliphatic carbocycles. The van der Waals surface area contributed by atoms with Crippen LogP contribution in [0.3, 0.4) is 0 Å². The van der Waals surface area contributed by atoms with E-state index in [-0.39, 0.29) is 12.5 Å². The Morgan fingerprint density at radius 2 is 1.65 bits per heavy atom. The zero-order valence-corrected chi connectivity index (χ0v) is 22.5. The molecule has 2 amide bonds. The van der Waals surface area contributed by atoms with Gasteiger partial charge in [-0.05, 0) is 69.9 Å². The molecule has 0 spiro atoms. The number of halogens is 1. The highest BCUT2D eigenvalue weighted by atomic mass is 79.9. The number of carbonyl (C=O) groups excluding carboxylic acids is 2. The van der Waals surface area contributed by atoms with Crippen LogP contribution in [0.25, 0.3) is 0 Å². The van der Waals surface area contributed by atoms with Crippen LogP contribution in [0, 0.1) is 0 Å². The quantitative estimate of drug-likeness (QED) is 0.250. The molecule has 0 aromatic heterocycles. The summed E-state index contributed by atoms with van der Waals surface area (Å²) in [5.74, 6) is -0.303. The summed E-state index contributed by atoms with van der Waals surface area (Å²) in [6.07, 6.45) is 3.19. The lowest BCUT2D eigenvalue weighted by molar-refractivity contribution is -0.123. The molecule has 11 heteroatoms. The van der Waals surface area contributed by atoms with Crippen molar-refractivity contribution >= 4 is 49.7 Å². The Labute approximate surface area is 224 Å². The second kappa shape index (κ2) is 13.6. The third-order valence-electron chi connectivity index (χ3n) is 5.04. The molecule has 0 atom stereocenters. The van der Waals surface area contributed by atoms with E-state index in [9.17, 15) is 18.0 Å². The summed E-state index contributed by atoms with van der Waals surface area (Å²) >= 11 is 3.31. The summed E-state index contributed by atoms with van der Waals surface area (Å²) in [7, 11) is -3.70. The number of hydrogen-bond acceptors (Lipinski definition) is 6. The smallest absolute Gasteiger partial charge is 0.260 e. The first-order chi connectivity index (χ1) is 17.7. The maximum absolute atomic E-state index is 12.3. The number of hydrogen-bond donors (Lipinski definition) is 2. The Hall–Kier alpha value is -3.70. The van der Waals surface area contributed by atoms with Crippen molar-refractivity contribution in [1.29, 1.82) is 0 Å². The van der Waals surface area contributed by atoms with Crippen LogP contribution in [-0.4, -0.2) is 52.4 Å². The lowest BCUT2D eigenvalue weighted by atomic mass is 10.1. The normalized spacial score (nSPS) is 11.2. The zero-order chi connectivity index (χ0) is 26.7. The molecule has 0 aliphatic heterocycles. The number of nitrogens with zero attached hydrogens (tertiary/aromatic N) is 2. The van der Waals surface area contributed by atoms with Gasteiger partial charge in [0, 0.05) is 11.0 Å². The molecule has 0 saturated carbocycles. The Bertz CT molecular complexity index is 1330. The number of hydrazone groups is 1. The molecule has 0 unspecified atom stereocenters. The van der Waals surface area contributed by atoms with Gasteiger partial charge >= 0.3 is 0 Å². The number of benzene rings is 3. The van der Waals surface area contributed by atoms with Gasteiger partial charge in [-0.3, -0.25) is 13.9 Å². The maximum Gasteiger partial charge on any atom is 0.260 e. The topological polar surface area (TPSA) is 117 Å². The van der Waals surface area contributed by atoms with E-state index < -0.39 is 22.5 Å². The fraction of sp³-hybridized carbons (Fsp3) is 0.192. The van der Waals surface area contributed by atoms with Gasteiger partial charge in [-0.25, -0.2) is 13.8 Å². The SMILES string of the molecule is CS(=O)(=O)N(CC(=O)N/N=C/c1ccc(OCC(=O)NCCc2ccccc2)cc1)c1ccccc1Br. The second-order valence-corrected chi connectivity index (χ2v) is 10.7. The molecular weight excluding hydrogens is 560 g/mol. The van der Waals surface area contributed by atoms with E-state index >= 15 is 0 Å². The molecule has 2 N–H and O–H groups in total. The minimum atomic E-state index is -3.70. The van der Waals surface area contributed by atoms with Gasteiger partial charge in [-0.1, -0.05) is 42.5 Å². The Morgan fingerprint density at radius 3 is 2.32 bits per heavy atom. The first-order valence-corrected chi connectivity index (χ1v) is 13.9. The van der Waals surface area contributed by atoms with Crippen LogP contribution in [0.4, 0.5) is 5.69 Å². The van der Waals surface area contributed by atoms with E-state index in [4.69, 9.17) is 4.74 Å². The Morgan fingerprint density at radius 1 is 0.973 bits per heavy atom. The number of carbonyl (C=O) groups is 2. The molecule has 0 aliphatic rings. The van der Waals surface area contributed by atoms with Gasteiger partial charge in [0.25, 0.3) is 11.8 Å². The van der Waals surface area contributed by atoms with Gasteiger partial charge in [0.05, 0.1) is 18.2 Å². The third-order valence-corrected chi connectivity index (χ3v) is 6.84. The van der Waals surface area contributed by atoms with E-state index in [1.807, 2.05) is 30.3 Å². The monoisotopic (exact) mass is 586 g/mol. The molecule has 3 rings (SSSR count). The number of para-hydroxylation sites is 1. The van der Waals surface area contributed by atoms with Gasteiger partial charge in [0.15, 0.2) is 6.61 Å². The molecule has 3 aromatic carbocycles. The molecule has 9 nitrogen and oxygen atoms in total. The lowest BCUT2D eigenvalue weighted by Crippen LogP contribution is -2.39. The van der Waals surface area contributed by atoms with Crippen molar-refractivity contribution in [3.05, 3.63) is 94.5 Å². The number of rotatable bonds is 12. The summed E-state index contributed by atoms with van der Waals surface area (Å²) < 4.78 is 31.4. The number of nitrogens with one attached hydrogen (secondary N) is 2. The van der Waals surface area contributed by atoms with Crippen LogP contribution in [0.5, 0.6) is 5.75 Å². The number of anilines is 1. The van der Waals surface area contributed by atoms with Crippen LogP contribution in [0.1, 0.15) is 11.1 Å². The molecule has 194 valence electrons. The van der Waals surface area contributed by atoms with Crippen LogP contribution in [0.2, 0.25) is 0 Å². The molecule has 0 heterocycles. The number of sulfonamides is 1. The van der Waals surface area contributed by atoms with Crippen molar-refractivity contribution < 1.29 is 22.7 Å². The van der Waals surface area contributed by atoms with Crippen molar-refractivity contribution in [3.63, 3.8) is 0 Å². The van der Waals surface area contributed by atoms with Crippen molar-refractivity contribution in [3.8, 4) is 5.75 Å². The predicted molar refractivity (Wildman–Crippen MR) is 147 cm³/mol. The fourth-order valence-corrected chi connectivity index (χ4v) is 4.71. The first-order valence-electron chi connectivity index (χ1n) is 11.3. The van der Waals surface area contributed by atoms with E-state index in [1.54, 1.807) is 48.5 Å². The largest absolute Gasteiger partial charge is 0.484 e. The van der Waals surface area contributed by atoms with Crippen molar-refractivity contribution in [2.24, 2.45) is 5.10 Å². The van der Waals surface area contributed by atoms with Crippen LogP contribution < -0.4 is 19.8 Å². The van der Waals surface area contributed by atoms with Gasteiger partial charge in [0.1, 0.15) is 12.3 Å². The molecular formula is C26H27BrN4O5S. The predicted octanol–water partition coefficient (Wildman–Crippen LogP) is 3.10. The standard InChI is InChI=1S/C26H27BrN4O5S/c1-37(34,35)31(24-10-6-5-9-23(24)27)18-25(32)30-29-17-21-11-13-22(14-12-21)36-19-26(33)28-16-15-20-7-3-2-4-8-20/h2-14,17H,15-16,18-19H2,1H3,(H,28,33)(H,30,32)/b29-17+. The number of ether oxygens (including phenoxy) is 1. The fourth-order valence-electron chi connectivity index (χ4n) is 3.22. The minimum absolute atomic E-state index is 0.105. The van der Waals surface area contributed by atoms with Crippen molar-refractivity contribution in [1.82, 2.24) is 10.7 Å². The van der Waals surface area contributed by atoms with Crippen molar-refractivity contribution in [2.45, 2.75) is 6.42 Å². The molecule has 37 heavy (non-hydrogen) atoms. The average molecular weight is 587 g/mol. The molecule has 3 aromatic rings. The summed E-state index contributed by atoms with van der Waals surface area (Å²) in [6.45, 7) is -0.0104. The third kappa shape index (κ3) is 9.36. The van der Waals surface area contributed by atoms with Gasteiger partial charge in [-0.2, -0.15) is 5.10 Å². The summed E-state index contributed by atoms with van der Waals surface area (Å²) in [4.78, 5) is 24.3. The van der Waals surface area contributed by atoms with E-state index in [0.717, 1.165) is 22.5 Å². The highest BCUT2D eigenvalue weighted by molar-refractivity contribution is 9.10. The van der Waals surface area contributed by atoms with Crippen LogP contribution in [-0.2, 0) is 26.0 Å². The highest BCUT2D eigenvalue weighted by Gasteiger charge is 2.22. The molecule has 0 bridgehead atoms. The lowest BCUT2D eigenvalue weighted by Gasteiger charge is -2.22. The first kappa shape index (κ1) is 27.9. The summed E-state index contributed by atoms with van der Waals surface area (Å²) in [5.41, 5.74) is 4.50. The highest BCUT2D eigenvalue weighted by Crippen LogP contribution is 2.27. The molecule has 0 saturated heterocycles. The molecule has 0 radical (unpaired) electrons. The Balaban J connectivity index is 1.44. The van der Waals surface area contributed by atoms with Crippen LogP contribution in [0.15, 0.2) is 88.4 Å². The van der Waals surface area contributed by atoms with Gasteiger partial charge in [-0.15, -0.1) is 0 Å². The van der Waals surface area contributed by atoms with E-state index in [1.165, 1.54) is 6.21 Å². The Kier molecular flexibility index (Phi) is 10.2. The van der Waals surface area contributed by atoms with E-state index in [0.29, 0.717) is 28.0 Å². The summed E-state index contributed by atoms with van der Waals surface area (Å²) in [6, 6.07) is 23.4. The zero-order valence-electron chi connectivity index (χ0n) is 20.1. The average Bonchev–Trinajstić information content (AvgIpc) is 2.87. The van der Waals surface area contributed by atoms with Crippen LogP contribution >= 0.6 is 15.9 Å². The summed E-state index contributed by atoms with van der Waals surface area (Å²) in [5, 5.41) is 6.71. The van der Waals surface area contributed by atoms with Gasteiger partial charge in [0.2, 0.25) is 10.0 Å². The number of amides is 2. The second-order valence-electron chi connectivity index (χ2n) is 7.96. The van der Waals surface area contributed by atoms with E-state index in [2.05, 4.69) is 31.8 Å². The van der Waals surface area contributed by atoms with Gasteiger partial charge < -0.3 is 10.1 Å². The molecule has 0 fully saturated rings. The van der Waals surface area contributed by atoms with Crippen molar-refractivity contribution in [2.75, 3.05) is 30.3 Å². The maximum atomic E-state index is 12.3. The minimum Gasteiger partial charge on any atom is -0.484 e.